The zero-order valence-electron chi connectivity index (χ0n) is 10.3. The average molecular weight is 363 g/mol. The molecule has 5 heteroatoms. The zero-order chi connectivity index (χ0) is 13.3. The first kappa shape index (κ1) is 13.7. The van der Waals surface area contributed by atoms with Crippen LogP contribution in [0.4, 0.5) is 4.39 Å². The van der Waals surface area contributed by atoms with Gasteiger partial charge in [0.2, 0.25) is 0 Å². The van der Waals surface area contributed by atoms with Crippen LogP contribution in [0.1, 0.15) is 24.2 Å². The minimum atomic E-state index is -0.320. The molecule has 0 N–H and O–H groups in total. The number of amides is 1. The first-order valence-corrected chi connectivity index (χ1v) is 6.95. The van der Waals surface area contributed by atoms with Crippen molar-refractivity contribution in [3.63, 3.8) is 0 Å². The maximum atomic E-state index is 13.0. The van der Waals surface area contributed by atoms with E-state index in [0.717, 1.165) is 0 Å². The van der Waals surface area contributed by atoms with Crippen molar-refractivity contribution < 1.29 is 13.9 Å². The number of rotatable bonds is 1. The molecule has 2 atom stereocenters. The summed E-state index contributed by atoms with van der Waals surface area (Å²) in [6, 6.07) is 4.24. The van der Waals surface area contributed by atoms with Crippen molar-refractivity contribution in [2.45, 2.75) is 26.1 Å². The van der Waals surface area contributed by atoms with Gasteiger partial charge in [-0.2, -0.15) is 0 Å². The van der Waals surface area contributed by atoms with E-state index in [9.17, 15) is 9.18 Å². The maximum Gasteiger partial charge on any atom is 0.255 e. The summed E-state index contributed by atoms with van der Waals surface area (Å²) in [5.41, 5.74) is 0.554. The molecule has 1 aromatic carbocycles. The Morgan fingerprint density at radius 2 is 2.00 bits per heavy atom. The summed E-state index contributed by atoms with van der Waals surface area (Å²) in [7, 11) is 0. The quantitative estimate of drug-likeness (QED) is 0.719. The van der Waals surface area contributed by atoms with E-state index in [4.69, 9.17) is 4.74 Å². The van der Waals surface area contributed by atoms with Gasteiger partial charge in [0.05, 0.1) is 17.8 Å². The zero-order valence-corrected chi connectivity index (χ0v) is 12.5. The molecule has 98 valence electrons. The van der Waals surface area contributed by atoms with E-state index in [1.807, 2.05) is 36.4 Å². The van der Waals surface area contributed by atoms with Crippen molar-refractivity contribution in [1.82, 2.24) is 4.90 Å². The summed E-state index contributed by atoms with van der Waals surface area (Å²) >= 11 is 1.99. The average Bonchev–Trinajstić information content (AvgIpc) is 2.26. The molecule has 0 aromatic heterocycles. The third kappa shape index (κ3) is 3.00. The SMILES string of the molecule is CC1CN(C(=O)c2ccc(F)cc2I)CC(C)O1. The third-order valence-corrected chi connectivity index (χ3v) is 3.76. The predicted molar refractivity (Wildman–Crippen MR) is 75.0 cm³/mol. The third-order valence-electron chi connectivity index (χ3n) is 2.87. The Kier molecular flexibility index (Phi) is 4.21. The lowest BCUT2D eigenvalue weighted by atomic mass is 10.1. The summed E-state index contributed by atoms with van der Waals surface area (Å²) in [6.45, 7) is 5.06. The molecule has 0 bridgehead atoms. The Morgan fingerprint density at radius 1 is 1.39 bits per heavy atom. The molecule has 2 unspecified atom stereocenters. The summed E-state index contributed by atoms with van der Waals surface area (Å²) in [4.78, 5) is 14.1. The van der Waals surface area contributed by atoms with Crippen LogP contribution in [-0.4, -0.2) is 36.1 Å². The van der Waals surface area contributed by atoms with Crippen LogP contribution >= 0.6 is 22.6 Å². The van der Waals surface area contributed by atoms with Crippen LogP contribution in [0.5, 0.6) is 0 Å². The molecule has 1 saturated heterocycles. The van der Waals surface area contributed by atoms with E-state index in [1.54, 1.807) is 11.0 Å². The molecule has 1 aromatic rings. The second-order valence-corrected chi connectivity index (χ2v) is 5.75. The van der Waals surface area contributed by atoms with Gasteiger partial charge in [-0.1, -0.05) is 0 Å². The minimum Gasteiger partial charge on any atom is -0.372 e. The van der Waals surface area contributed by atoms with Gasteiger partial charge in [-0.3, -0.25) is 4.79 Å². The van der Waals surface area contributed by atoms with E-state index in [-0.39, 0.29) is 23.9 Å². The second-order valence-electron chi connectivity index (χ2n) is 4.59. The van der Waals surface area contributed by atoms with Crippen molar-refractivity contribution in [2.75, 3.05) is 13.1 Å². The number of hydrogen-bond donors (Lipinski definition) is 0. The van der Waals surface area contributed by atoms with Crippen LogP contribution in [0.3, 0.4) is 0 Å². The minimum absolute atomic E-state index is 0.0378. The standard InChI is InChI=1S/C13H15FINO2/c1-8-6-16(7-9(2)18-8)13(17)11-4-3-10(14)5-12(11)15/h3-5,8-9H,6-7H2,1-2H3. The van der Waals surface area contributed by atoms with Crippen LogP contribution < -0.4 is 0 Å². The van der Waals surface area contributed by atoms with Gasteiger partial charge in [-0.25, -0.2) is 4.39 Å². The van der Waals surface area contributed by atoms with Gasteiger partial charge >= 0.3 is 0 Å². The first-order chi connectivity index (χ1) is 8.47. The topological polar surface area (TPSA) is 29.5 Å². The molecule has 1 aliphatic rings. The maximum absolute atomic E-state index is 13.0. The number of nitrogens with zero attached hydrogens (tertiary/aromatic N) is 1. The van der Waals surface area contributed by atoms with Gasteiger partial charge in [0.15, 0.2) is 0 Å². The van der Waals surface area contributed by atoms with E-state index in [1.165, 1.54) is 12.1 Å². The Hall–Kier alpha value is -0.690. The highest BCUT2D eigenvalue weighted by Gasteiger charge is 2.27. The molecule has 18 heavy (non-hydrogen) atoms. The van der Waals surface area contributed by atoms with E-state index < -0.39 is 0 Å². The molecule has 2 rings (SSSR count). The molecule has 1 amide bonds. The molecule has 1 heterocycles. The van der Waals surface area contributed by atoms with Crippen LogP contribution in [0.15, 0.2) is 18.2 Å². The summed E-state index contributed by atoms with van der Waals surface area (Å²) in [5.74, 6) is -0.374. The molecule has 0 saturated carbocycles. The lowest BCUT2D eigenvalue weighted by Gasteiger charge is -2.35. The molecule has 1 aliphatic heterocycles. The fourth-order valence-corrected chi connectivity index (χ4v) is 2.88. The lowest BCUT2D eigenvalue weighted by Crippen LogP contribution is -2.48. The molecule has 0 aliphatic carbocycles. The largest absolute Gasteiger partial charge is 0.372 e. The van der Waals surface area contributed by atoms with Crippen molar-refractivity contribution in [3.05, 3.63) is 33.1 Å². The van der Waals surface area contributed by atoms with Crippen LogP contribution in [0, 0.1) is 9.39 Å². The Bertz CT molecular complexity index is 456. The summed E-state index contributed by atoms with van der Waals surface area (Å²) in [6.07, 6.45) is 0.0756. The molecule has 0 spiro atoms. The van der Waals surface area contributed by atoms with Crippen molar-refractivity contribution in [3.8, 4) is 0 Å². The van der Waals surface area contributed by atoms with Gasteiger partial charge in [-0.15, -0.1) is 0 Å². The monoisotopic (exact) mass is 363 g/mol. The normalized spacial score (nSPS) is 24.1. The first-order valence-electron chi connectivity index (χ1n) is 5.87. The number of morpholine rings is 1. The van der Waals surface area contributed by atoms with Crippen LogP contribution in [0.25, 0.3) is 0 Å². The van der Waals surface area contributed by atoms with Gasteiger partial charge in [-0.05, 0) is 54.6 Å². The van der Waals surface area contributed by atoms with Crippen LogP contribution in [-0.2, 0) is 4.74 Å². The second kappa shape index (κ2) is 5.52. The molecular weight excluding hydrogens is 348 g/mol. The number of carbonyl (C=O) groups is 1. The number of ether oxygens (including phenoxy) is 1. The molecule has 0 radical (unpaired) electrons. The summed E-state index contributed by atoms with van der Waals surface area (Å²) < 4.78 is 19.3. The van der Waals surface area contributed by atoms with Crippen molar-refractivity contribution >= 4 is 28.5 Å². The Balaban J connectivity index is 2.20. The lowest BCUT2D eigenvalue weighted by molar-refractivity contribution is -0.0586. The molecular formula is C13H15FINO2. The Labute approximate surface area is 119 Å². The van der Waals surface area contributed by atoms with Crippen LogP contribution in [0.2, 0.25) is 0 Å². The van der Waals surface area contributed by atoms with Gasteiger partial charge in [0, 0.05) is 16.7 Å². The number of carbonyl (C=O) groups excluding carboxylic acids is 1. The van der Waals surface area contributed by atoms with Gasteiger partial charge in [0.1, 0.15) is 5.82 Å². The molecule has 3 nitrogen and oxygen atoms in total. The fourth-order valence-electron chi connectivity index (χ4n) is 2.18. The van der Waals surface area contributed by atoms with Gasteiger partial charge < -0.3 is 9.64 Å². The highest BCUT2D eigenvalue weighted by atomic mass is 127. The number of benzene rings is 1. The molecule has 1 fully saturated rings. The van der Waals surface area contributed by atoms with Gasteiger partial charge in [0.25, 0.3) is 5.91 Å². The predicted octanol–water partition coefficient (Wildman–Crippen LogP) is 2.68. The number of hydrogen-bond acceptors (Lipinski definition) is 2. The fraction of sp³-hybridized carbons (Fsp3) is 0.462. The van der Waals surface area contributed by atoms with E-state index >= 15 is 0 Å². The number of halogens is 2. The van der Waals surface area contributed by atoms with E-state index in [0.29, 0.717) is 22.2 Å². The highest BCUT2D eigenvalue weighted by Crippen LogP contribution is 2.19. The summed E-state index contributed by atoms with van der Waals surface area (Å²) in [5, 5.41) is 0. The van der Waals surface area contributed by atoms with Crippen molar-refractivity contribution in [1.29, 1.82) is 0 Å². The van der Waals surface area contributed by atoms with Crippen molar-refractivity contribution in [2.24, 2.45) is 0 Å². The Morgan fingerprint density at radius 3 is 2.56 bits per heavy atom. The smallest absolute Gasteiger partial charge is 0.255 e. The highest BCUT2D eigenvalue weighted by molar-refractivity contribution is 14.1. The van der Waals surface area contributed by atoms with E-state index in [2.05, 4.69) is 0 Å².